The molecule has 1 saturated heterocycles. The van der Waals surface area contributed by atoms with Crippen molar-refractivity contribution in [3.05, 3.63) is 0 Å². The summed E-state index contributed by atoms with van der Waals surface area (Å²) in [6, 6.07) is -0.0139. The number of carbonyl (C=O) groups excluding carboxylic acids is 1. The van der Waals surface area contributed by atoms with Crippen LogP contribution in [0.25, 0.3) is 0 Å². The van der Waals surface area contributed by atoms with Crippen molar-refractivity contribution < 1.29 is 4.79 Å². The van der Waals surface area contributed by atoms with Gasteiger partial charge >= 0.3 is 0 Å². The van der Waals surface area contributed by atoms with E-state index in [9.17, 15) is 4.79 Å². The summed E-state index contributed by atoms with van der Waals surface area (Å²) in [5, 5.41) is 3.02. The Bertz CT molecular complexity index is 275. The zero-order valence-electron chi connectivity index (χ0n) is 13.4. The zero-order chi connectivity index (χ0) is 15.0. The average Bonchev–Trinajstić information content (AvgIpc) is 2.45. The second kappa shape index (κ2) is 9.32. The predicted octanol–water partition coefficient (Wildman–Crippen LogP) is 0.504. The van der Waals surface area contributed by atoms with Crippen LogP contribution in [0.4, 0.5) is 0 Å². The number of unbranched alkanes of at least 4 members (excludes halogenated alkanes) is 1. The van der Waals surface area contributed by atoms with Gasteiger partial charge in [0, 0.05) is 32.7 Å². The van der Waals surface area contributed by atoms with Crippen molar-refractivity contribution in [1.29, 1.82) is 0 Å². The normalized spacial score (nSPS) is 19.2. The van der Waals surface area contributed by atoms with Gasteiger partial charge in [0.2, 0.25) is 5.91 Å². The van der Waals surface area contributed by atoms with Gasteiger partial charge in [0.05, 0.1) is 6.04 Å². The van der Waals surface area contributed by atoms with Crippen molar-refractivity contribution in [2.24, 2.45) is 11.7 Å². The molecule has 0 aromatic rings. The van der Waals surface area contributed by atoms with E-state index in [4.69, 9.17) is 5.73 Å². The van der Waals surface area contributed by atoms with Gasteiger partial charge in [0.1, 0.15) is 0 Å². The maximum Gasteiger partial charge on any atom is 0.237 e. The van der Waals surface area contributed by atoms with Crippen LogP contribution in [0.5, 0.6) is 0 Å². The van der Waals surface area contributed by atoms with E-state index >= 15 is 0 Å². The number of rotatable bonds is 8. The van der Waals surface area contributed by atoms with E-state index < -0.39 is 0 Å². The summed E-state index contributed by atoms with van der Waals surface area (Å²) in [4.78, 5) is 16.8. The van der Waals surface area contributed by atoms with E-state index in [0.717, 1.165) is 52.2 Å². The third-order valence-corrected chi connectivity index (χ3v) is 3.95. The molecule has 1 unspecified atom stereocenters. The van der Waals surface area contributed by atoms with Crippen LogP contribution in [0, 0.1) is 5.92 Å². The monoisotopic (exact) mass is 284 g/mol. The van der Waals surface area contributed by atoms with Gasteiger partial charge in [-0.1, -0.05) is 13.8 Å². The highest BCUT2D eigenvalue weighted by Gasteiger charge is 2.25. The molecule has 1 amide bonds. The summed E-state index contributed by atoms with van der Waals surface area (Å²) >= 11 is 0. The smallest absolute Gasteiger partial charge is 0.237 e. The van der Waals surface area contributed by atoms with Gasteiger partial charge in [0.25, 0.3) is 0 Å². The van der Waals surface area contributed by atoms with Crippen LogP contribution >= 0.6 is 0 Å². The first-order valence-corrected chi connectivity index (χ1v) is 7.98. The summed E-state index contributed by atoms with van der Waals surface area (Å²) in [5.74, 6) is 0.667. The topological polar surface area (TPSA) is 61.6 Å². The highest BCUT2D eigenvalue weighted by Crippen LogP contribution is 2.07. The summed E-state index contributed by atoms with van der Waals surface area (Å²) in [7, 11) is 0. The van der Waals surface area contributed by atoms with Crippen LogP contribution in [0.3, 0.4) is 0 Å². The number of nitrogens with two attached hydrogens (primary N) is 1. The Kier molecular flexibility index (Phi) is 8.11. The summed E-state index contributed by atoms with van der Waals surface area (Å²) < 4.78 is 0. The molecule has 0 aromatic heterocycles. The molecule has 5 heteroatoms. The third kappa shape index (κ3) is 6.20. The largest absolute Gasteiger partial charge is 0.354 e. The molecule has 1 rings (SSSR count). The van der Waals surface area contributed by atoms with Crippen molar-refractivity contribution >= 4 is 5.91 Å². The van der Waals surface area contributed by atoms with Gasteiger partial charge in [-0.05, 0) is 38.8 Å². The lowest BCUT2D eigenvalue weighted by atomic mass is 10.2. The molecule has 1 aliphatic heterocycles. The van der Waals surface area contributed by atoms with E-state index in [-0.39, 0.29) is 11.9 Å². The SMILES string of the molecule is CC(C)CNC(=O)C(C)N1CCN(CCCCN)CC1. The Labute approximate surface area is 123 Å². The number of nitrogens with one attached hydrogen (secondary N) is 1. The number of amides is 1. The molecule has 0 radical (unpaired) electrons. The number of piperazine rings is 1. The summed E-state index contributed by atoms with van der Waals surface area (Å²) in [5.41, 5.74) is 5.52. The van der Waals surface area contributed by atoms with Crippen LogP contribution in [0.2, 0.25) is 0 Å². The van der Waals surface area contributed by atoms with Crippen molar-refractivity contribution in [1.82, 2.24) is 15.1 Å². The zero-order valence-corrected chi connectivity index (χ0v) is 13.4. The van der Waals surface area contributed by atoms with Gasteiger partial charge < -0.3 is 16.0 Å². The predicted molar refractivity (Wildman–Crippen MR) is 83.6 cm³/mol. The minimum absolute atomic E-state index is 0.0139. The highest BCUT2D eigenvalue weighted by atomic mass is 16.2. The summed E-state index contributed by atoms with van der Waals surface area (Å²) in [6.45, 7) is 13.0. The van der Waals surface area contributed by atoms with Crippen LogP contribution in [-0.2, 0) is 4.79 Å². The standard InChI is InChI=1S/C15H32N4O/c1-13(2)12-17-15(20)14(3)19-10-8-18(9-11-19)7-5-4-6-16/h13-14H,4-12,16H2,1-3H3,(H,17,20). The Hall–Kier alpha value is -0.650. The fourth-order valence-corrected chi connectivity index (χ4v) is 2.47. The first-order valence-electron chi connectivity index (χ1n) is 7.98. The maximum absolute atomic E-state index is 12.1. The van der Waals surface area contributed by atoms with Gasteiger partial charge in [-0.25, -0.2) is 0 Å². The second-order valence-corrected chi connectivity index (χ2v) is 6.19. The number of nitrogens with zero attached hydrogens (tertiary/aromatic N) is 2. The quantitative estimate of drug-likeness (QED) is 0.637. The lowest BCUT2D eigenvalue weighted by molar-refractivity contribution is -0.126. The molecule has 1 aliphatic rings. The molecule has 5 nitrogen and oxygen atoms in total. The molecule has 0 saturated carbocycles. The molecular weight excluding hydrogens is 252 g/mol. The lowest BCUT2D eigenvalue weighted by Gasteiger charge is -2.37. The fourth-order valence-electron chi connectivity index (χ4n) is 2.47. The maximum atomic E-state index is 12.1. The molecule has 20 heavy (non-hydrogen) atoms. The highest BCUT2D eigenvalue weighted by molar-refractivity contribution is 5.81. The third-order valence-electron chi connectivity index (χ3n) is 3.95. The summed E-state index contributed by atoms with van der Waals surface area (Å²) in [6.07, 6.45) is 2.29. The molecular formula is C15H32N4O. The Morgan fingerprint density at radius 1 is 1.15 bits per heavy atom. The fraction of sp³-hybridized carbons (Fsp3) is 0.933. The van der Waals surface area contributed by atoms with Crippen LogP contribution in [0.1, 0.15) is 33.6 Å². The Balaban J connectivity index is 2.24. The first-order chi connectivity index (χ1) is 9.54. The molecule has 1 heterocycles. The van der Waals surface area contributed by atoms with E-state index in [0.29, 0.717) is 5.92 Å². The van der Waals surface area contributed by atoms with Gasteiger partial charge in [-0.2, -0.15) is 0 Å². The van der Waals surface area contributed by atoms with Gasteiger partial charge in [0.15, 0.2) is 0 Å². The van der Waals surface area contributed by atoms with Crippen LogP contribution in [-0.4, -0.2) is 67.6 Å². The Morgan fingerprint density at radius 2 is 1.80 bits per heavy atom. The van der Waals surface area contributed by atoms with E-state index in [1.165, 1.54) is 6.42 Å². The number of carbonyl (C=O) groups is 1. The number of hydrogen-bond acceptors (Lipinski definition) is 4. The minimum atomic E-state index is -0.0139. The molecule has 0 spiro atoms. The molecule has 0 aliphatic carbocycles. The second-order valence-electron chi connectivity index (χ2n) is 6.19. The van der Waals surface area contributed by atoms with Gasteiger partial charge in [-0.3, -0.25) is 9.69 Å². The Morgan fingerprint density at radius 3 is 2.35 bits per heavy atom. The van der Waals surface area contributed by atoms with E-state index in [2.05, 4.69) is 29.0 Å². The van der Waals surface area contributed by atoms with Gasteiger partial charge in [-0.15, -0.1) is 0 Å². The van der Waals surface area contributed by atoms with Crippen molar-refractivity contribution in [3.63, 3.8) is 0 Å². The van der Waals surface area contributed by atoms with Crippen molar-refractivity contribution in [3.8, 4) is 0 Å². The molecule has 0 bridgehead atoms. The minimum Gasteiger partial charge on any atom is -0.354 e. The van der Waals surface area contributed by atoms with Crippen LogP contribution < -0.4 is 11.1 Å². The molecule has 118 valence electrons. The van der Waals surface area contributed by atoms with Crippen molar-refractivity contribution in [2.45, 2.75) is 39.7 Å². The molecule has 1 atom stereocenters. The molecule has 1 fully saturated rings. The van der Waals surface area contributed by atoms with Crippen molar-refractivity contribution in [2.75, 3.05) is 45.8 Å². The average molecular weight is 284 g/mol. The number of hydrogen-bond donors (Lipinski definition) is 2. The van der Waals surface area contributed by atoms with E-state index in [1.807, 2.05) is 6.92 Å². The van der Waals surface area contributed by atoms with E-state index in [1.54, 1.807) is 0 Å². The molecule has 0 aromatic carbocycles. The van der Waals surface area contributed by atoms with Crippen LogP contribution in [0.15, 0.2) is 0 Å². The molecule has 3 N–H and O–H groups in total. The first kappa shape index (κ1) is 17.4. The lowest BCUT2D eigenvalue weighted by Crippen LogP contribution is -2.54.